The lowest BCUT2D eigenvalue weighted by Gasteiger charge is -2.14. The van der Waals surface area contributed by atoms with E-state index in [0.717, 1.165) is 5.69 Å². The highest BCUT2D eigenvalue weighted by Crippen LogP contribution is 2.27. The Bertz CT molecular complexity index is 839. The van der Waals surface area contributed by atoms with Gasteiger partial charge in [0.2, 0.25) is 0 Å². The number of aromatic nitrogens is 2. The first kappa shape index (κ1) is 16.5. The Morgan fingerprint density at radius 2 is 1.96 bits per heavy atom. The lowest BCUT2D eigenvalue weighted by molar-refractivity contribution is 0.417. The van der Waals surface area contributed by atoms with Crippen LogP contribution in [0, 0.1) is 6.92 Å². The zero-order valence-corrected chi connectivity index (χ0v) is 14.4. The number of sulfone groups is 1. The van der Waals surface area contributed by atoms with Crippen LogP contribution in [0.3, 0.4) is 0 Å². The zero-order chi connectivity index (χ0) is 17.2. The monoisotopic (exact) mass is 348 g/mol. The average Bonchev–Trinajstić information content (AvgIpc) is 2.86. The fourth-order valence-corrected chi connectivity index (χ4v) is 4.38. The number of ether oxygens (including phenoxy) is 1. The molecule has 1 fully saturated rings. The van der Waals surface area contributed by atoms with Crippen LogP contribution >= 0.6 is 0 Å². The van der Waals surface area contributed by atoms with Crippen LogP contribution in [0.1, 0.15) is 12.2 Å². The molecule has 1 unspecified atom stereocenters. The van der Waals surface area contributed by atoms with Gasteiger partial charge in [-0.2, -0.15) is 0 Å². The highest BCUT2D eigenvalue weighted by atomic mass is 32.2. The van der Waals surface area contributed by atoms with Crippen molar-refractivity contribution in [1.29, 1.82) is 0 Å². The molecule has 0 bridgehead atoms. The minimum atomic E-state index is -2.93. The third-order valence-electron chi connectivity index (χ3n) is 3.79. The summed E-state index contributed by atoms with van der Waals surface area (Å²) < 4.78 is 28.5. The molecule has 8 heteroatoms. The molecule has 1 aliphatic heterocycles. The average molecular weight is 348 g/mol. The molecule has 1 aromatic carbocycles. The molecule has 0 radical (unpaired) electrons. The number of nitrogens with zero attached hydrogens (tertiary/aromatic N) is 2. The van der Waals surface area contributed by atoms with Crippen molar-refractivity contribution in [2.75, 3.05) is 29.2 Å². The first-order valence-electron chi connectivity index (χ1n) is 7.68. The standard InChI is InChI=1S/C16H20N4O3S/c1-11-17-15(19-12-7-8-24(21,22)10-12)9-16(18-11)20-13-5-3-4-6-14(13)23-2/h3-6,9,12H,7-8,10H2,1-2H3,(H2,17,18,19,20). The second-order valence-electron chi connectivity index (χ2n) is 5.76. The predicted octanol–water partition coefficient (Wildman–Crippen LogP) is 2.14. The van der Waals surface area contributed by atoms with Gasteiger partial charge in [-0.1, -0.05) is 12.1 Å². The molecule has 1 atom stereocenters. The Kier molecular flexibility index (Phi) is 4.57. The van der Waals surface area contributed by atoms with Gasteiger partial charge < -0.3 is 15.4 Å². The van der Waals surface area contributed by atoms with Gasteiger partial charge in [0, 0.05) is 12.1 Å². The van der Waals surface area contributed by atoms with Gasteiger partial charge in [-0.05, 0) is 25.5 Å². The Morgan fingerprint density at radius 3 is 2.67 bits per heavy atom. The summed E-state index contributed by atoms with van der Waals surface area (Å²) in [6, 6.07) is 9.21. The molecular weight excluding hydrogens is 328 g/mol. The summed E-state index contributed by atoms with van der Waals surface area (Å²) >= 11 is 0. The smallest absolute Gasteiger partial charge is 0.152 e. The van der Waals surface area contributed by atoms with Gasteiger partial charge in [-0.3, -0.25) is 0 Å². The minimum absolute atomic E-state index is 0.108. The molecule has 0 saturated carbocycles. The van der Waals surface area contributed by atoms with Crippen LogP contribution in [-0.4, -0.2) is 43.0 Å². The first-order chi connectivity index (χ1) is 11.4. The maximum absolute atomic E-state index is 11.6. The van der Waals surface area contributed by atoms with E-state index >= 15 is 0 Å². The Hall–Kier alpha value is -2.35. The van der Waals surface area contributed by atoms with E-state index in [1.807, 2.05) is 24.3 Å². The van der Waals surface area contributed by atoms with Gasteiger partial charge in [-0.15, -0.1) is 0 Å². The quantitative estimate of drug-likeness (QED) is 0.855. The van der Waals surface area contributed by atoms with Gasteiger partial charge in [0.15, 0.2) is 9.84 Å². The highest BCUT2D eigenvalue weighted by molar-refractivity contribution is 7.91. The summed E-state index contributed by atoms with van der Waals surface area (Å²) in [5.74, 6) is 2.91. The summed E-state index contributed by atoms with van der Waals surface area (Å²) in [7, 11) is -1.32. The van der Waals surface area contributed by atoms with E-state index in [1.165, 1.54) is 0 Å². The maximum Gasteiger partial charge on any atom is 0.152 e. The molecule has 1 aromatic heterocycles. The lowest BCUT2D eigenvalue weighted by Crippen LogP contribution is -2.21. The second kappa shape index (κ2) is 6.64. The summed E-state index contributed by atoms with van der Waals surface area (Å²) in [6.07, 6.45) is 0.598. The molecule has 24 heavy (non-hydrogen) atoms. The van der Waals surface area contributed by atoms with E-state index in [4.69, 9.17) is 4.74 Å². The van der Waals surface area contributed by atoms with Crippen molar-refractivity contribution in [1.82, 2.24) is 9.97 Å². The third-order valence-corrected chi connectivity index (χ3v) is 5.56. The molecule has 0 amide bonds. The Morgan fingerprint density at radius 1 is 1.21 bits per heavy atom. The van der Waals surface area contributed by atoms with E-state index in [-0.39, 0.29) is 17.5 Å². The van der Waals surface area contributed by atoms with Crippen LogP contribution < -0.4 is 15.4 Å². The Labute approximate surface area is 141 Å². The van der Waals surface area contributed by atoms with Crippen LogP contribution in [0.4, 0.5) is 17.3 Å². The van der Waals surface area contributed by atoms with E-state index < -0.39 is 9.84 Å². The minimum Gasteiger partial charge on any atom is -0.495 e. The van der Waals surface area contributed by atoms with E-state index in [2.05, 4.69) is 20.6 Å². The number of nitrogens with one attached hydrogen (secondary N) is 2. The fourth-order valence-electron chi connectivity index (χ4n) is 2.71. The molecule has 7 nitrogen and oxygen atoms in total. The highest BCUT2D eigenvalue weighted by Gasteiger charge is 2.28. The van der Waals surface area contributed by atoms with Crippen molar-refractivity contribution in [3.63, 3.8) is 0 Å². The van der Waals surface area contributed by atoms with Crippen LogP contribution in [-0.2, 0) is 9.84 Å². The van der Waals surface area contributed by atoms with E-state index in [9.17, 15) is 8.42 Å². The third kappa shape index (κ3) is 3.94. The van der Waals surface area contributed by atoms with Crippen molar-refractivity contribution in [2.45, 2.75) is 19.4 Å². The zero-order valence-electron chi connectivity index (χ0n) is 13.6. The normalized spacial score (nSPS) is 19.0. The van der Waals surface area contributed by atoms with Gasteiger partial charge >= 0.3 is 0 Å². The van der Waals surface area contributed by atoms with Crippen LogP contribution in [0.25, 0.3) is 0 Å². The largest absolute Gasteiger partial charge is 0.495 e. The summed E-state index contributed by atoms with van der Waals surface area (Å²) in [5, 5.41) is 6.40. The molecule has 128 valence electrons. The molecule has 2 aromatic rings. The first-order valence-corrected chi connectivity index (χ1v) is 9.50. The molecule has 3 rings (SSSR count). The number of anilines is 3. The maximum atomic E-state index is 11.6. The number of rotatable bonds is 5. The topological polar surface area (TPSA) is 93.2 Å². The van der Waals surface area contributed by atoms with E-state index in [0.29, 0.717) is 29.6 Å². The molecule has 1 aliphatic rings. The molecule has 0 aliphatic carbocycles. The number of benzene rings is 1. The lowest BCUT2D eigenvalue weighted by atomic mass is 10.2. The van der Waals surface area contributed by atoms with E-state index in [1.54, 1.807) is 20.1 Å². The van der Waals surface area contributed by atoms with Crippen molar-refractivity contribution in [3.05, 3.63) is 36.2 Å². The van der Waals surface area contributed by atoms with Crippen LogP contribution in [0.2, 0.25) is 0 Å². The predicted molar refractivity (Wildman–Crippen MR) is 93.7 cm³/mol. The second-order valence-corrected chi connectivity index (χ2v) is 7.98. The molecule has 2 N–H and O–H groups in total. The van der Waals surface area contributed by atoms with Crippen molar-refractivity contribution in [3.8, 4) is 5.75 Å². The van der Waals surface area contributed by atoms with Crippen LogP contribution in [0.5, 0.6) is 5.75 Å². The molecular formula is C16H20N4O3S. The summed E-state index contributed by atoms with van der Waals surface area (Å²) in [5.41, 5.74) is 0.799. The van der Waals surface area contributed by atoms with Gasteiger partial charge in [0.1, 0.15) is 23.2 Å². The Balaban J connectivity index is 1.79. The summed E-state index contributed by atoms with van der Waals surface area (Å²) in [4.78, 5) is 8.71. The van der Waals surface area contributed by atoms with Crippen molar-refractivity contribution < 1.29 is 13.2 Å². The molecule has 2 heterocycles. The number of para-hydroxylation sites is 2. The number of methoxy groups -OCH3 is 1. The van der Waals surface area contributed by atoms with Crippen molar-refractivity contribution >= 4 is 27.2 Å². The van der Waals surface area contributed by atoms with Gasteiger partial charge in [0.25, 0.3) is 0 Å². The molecule has 1 saturated heterocycles. The summed E-state index contributed by atoms with van der Waals surface area (Å²) in [6.45, 7) is 1.80. The number of aryl methyl sites for hydroxylation is 1. The number of hydrogen-bond donors (Lipinski definition) is 2. The van der Waals surface area contributed by atoms with Crippen LogP contribution in [0.15, 0.2) is 30.3 Å². The SMILES string of the molecule is COc1ccccc1Nc1cc(NC2CCS(=O)(=O)C2)nc(C)n1. The number of hydrogen-bond acceptors (Lipinski definition) is 7. The van der Waals surface area contributed by atoms with Gasteiger partial charge in [-0.25, -0.2) is 18.4 Å². The van der Waals surface area contributed by atoms with Gasteiger partial charge in [0.05, 0.1) is 24.3 Å². The molecule has 0 spiro atoms. The fraction of sp³-hybridized carbons (Fsp3) is 0.375. The van der Waals surface area contributed by atoms with Crippen molar-refractivity contribution in [2.24, 2.45) is 0 Å².